The predicted molar refractivity (Wildman–Crippen MR) is 154 cm³/mol. The van der Waals surface area contributed by atoms with Crippen LogP contribution in [0.25, 0.3) is 33.5 Å². The minimum Gasteiger partial charge on any atom is -0.497 e. The van der Waals surface area contributed by atoms with Gasteiger partial charge in [-0.2, -0.15) is 5.26 Å². The number of fused-ring (bicyclic) bond motifs is 1. The van der Waals surface area contributed by atoms with Gasteiger partial charge in [0, 0.05) is 17.2 Å². The number of benzene rings is 3. The average molecular weight is 555 g/mol. The van der Waals surface area contributed by atoms with Gasteiger partial charge in [0.05, 0.1) is 37.6 Å². The van der Waals surface area contributed by atoms with Crippen LogP contribution in [0.4, 0.5) is 5.88 Å². The molecule has 5 rings (SSSR count). The first-order valence-electron chi connectivity index (χ1n) is 12.4. The number of hydrogen-bond acceptors (Lipinski definition) is 8. The molecule has 3 aromatic carbocycles. The molecule has 0 aliphatic carbocycles. The monoisotopic (exact) mass is 554 g/mol. The van der Waals surface area contributed by atoms with Gasteiger partial charge in [0.15, 0.2) is 5.16 Å². The Balaban J connectivity index is 1.41. The zero-order valence-corrected chi connectivity index (χ0v) is 22.9. The Morgan fingerprint density at radius 2 is 1.65 bits per heavy atom. The molecule has 2 N–H and O–H groups in total. The number of amides is 1. The van der Waals surface area contributed by atoms with Gasteiger partial charge in [0.25, 0.3) is 0 Å². The number of anilines is 1. The highest BCUT2D eigenvalue weighted by Crippen LogP contribution is 2.42. The van der Waals surface area contributed by atoms with Crippen molar-refractivity contribution in [3.05, 3.63) is 72.3 Å². The lowest BCUT2D eigenvalue weighted by Crippen LogP contribution is -2.14. The number of carbonyl (C=O) groups is 1. The van der Waals surface area contributed by atoms with E-state index in [2.05, 4.69) is 21.4 Å². The second-order valence-corrected chi connectivity index (χ2v) is 9.53. The van der Waals surface area contributed by atoms with Gasteiger partial charge in [-0.15, -0.1) is 0 Å². The number of nitrogens with zero attached hydrogens (tertiary/aromatic N) is 2. The van der Waals surface area contributed by atoms with E-state index in [0.29, 0.717) is 34.6 Å². The van der Waals surface area contributed by atoms with Gasteiger partial charge in [-0.1, -0.05) is 23.9 Å². The zero-order valence-electron chi connectivity index (χ0n) is 22.1. The summed E-state index contributed by atoms with van der Waals surface area (Å²) in [5, 5.41) is 13.5. The molecule has 5 aromatic rings. The molecule has 40 heavy (non-hydrogen) atoms. The van der Waals surface area contributed by atoms with E-state index < -0.39 is 0 Å². The number of rotatable bonds is 10. The topological polar surface area (TPSA) is 122 Å². The van der Waals surface area contributed by atoms with Crippen molar-refractivity contribution < 1.29 is 23.4 Å². The van der Waals surface area contributed by atoms with E-state index in [1.807, 2.05) is 49.4 Å². The number of nitriles is 1. The maximum Gasteiger partial charge on any atom is 0.237 e. The summed E-state index contributed by atoms with van der Waals surface area (Å²) >= 11 is 1.25. The molecule has 0 saturated carbocycles. The summed E-state index contributed by atoms with van der Waals surface area (Å²) in [6, 6.07) is 22.4. The molecule has 0 atom stereocenters. The van der Waals surface area contributed by atoms with Crippen LogP contribution in [0, 0.1) is 11.3 Å². The van der Waals surface area contributed by atoms with Crippen molar-refractivity contribution in [2.75, 3.05) is 31.9 Å². The third-order valence-electron chi connectivity index (χ3n) is 6.09. The Morgan fingerprint density at radius 1 is 1.00 bits per heavy atom. The molecule has 0 bridgehead atoms. The van der Waals surface area contributed by atoms with Crippen LogP contribution in [0.2, 0.25) is 0 Å². The molecule has 2 aromatic heterocycles. The first-order valence-corrected chi connectivity index (χ1v) is 13.4. The summed E-state index contributed by atoms with van der Waals surface area (Å²) in [5.74, 6) is 2.36. The molecule has 0 radical (unpaired) electrons. The Morgan fingerprint density at radius 3 is 2.27 bits per heavy atom. The second kappa shape index (κ2) is 11.9. The van der Waals surface area contributed by atoms with Crippen LogP contribution in [-0.2, 0) is 4.79 Å². The third kappa shape index (κ3) is 5.60. The van der Waals surface area contributed by atoms with E-state index in [4.69, 9.17) is 18.6 Å². The number of ether oxygens (including phenoxy) is 3. The van der Waals surface area contributed by atoms with Crippen LogP contribution in [0.3, 0.4) is 0 Å². The van der Waals surface area contributed by atoms with Crippen LogP contribution < -0.4 is 19.5 Å². The summed E-state index contributed by atoms with van der Waals surface area (Å²) in [7, 11) is 3.18. The van der Waals surface area contributed by atoms with E-state index in [-0.39, 0.29) is 23.1 Å². The maximum absolute atomic E-state index is 13.0. The molecule has 0 aliphatic heterocycles. The van der Waals surface area contributed by atoms with E-state index >= 15 is 0 Å². The second-order valence-electron chi connectivity index (χ2n) is 8.57. The fourth-order valence-corrected chi connectivity index (χ4v) is 4.88. The predicted octanol–water partition coefficient (Wildman–Crippen LogP) is 6.51. The number of aromatic amines is 1. The molecular formula is C30H26N4O5S. The van der Waals surface area contributed by atoms with Crippen LogP contribution in [0.15, 0.2) is 76.3 Å². The number of aromatic nitrogens is 2. The van der Waals surface area contributed by atoms with Gasteiger partial charge < -0.3 is 23.6 Å². The quantitative estimate of drug-likeness (QED) is 0.187. The highest BCUT2D eigenvalue weighted by molar-refractivity contribution is 7.99. The lowest BCUT2D eigenvalue weighted by atomic mass is 9.98. The van der Waals surface area contributed by atoms with Crippen LogP contribution >= 0.6 is 11.8 Å². The molecular weight excluding hydrogens is 528 g/mol. The third-order valence-corrected chi connectivity index (χ3v) is 6.96. The number of hydrogen-bond donors (Lipinski definition) is 2. The first kappa shape index (κ1) is 26.7. The van der Waals surface area contributed by atoms with Crippen molar-refractivity contribution in [3.63, 3.8) is 0 Å². The zero-order chi connectivity index (χ0) is 28.1. The number of methoxy groups -OCH3 is 2. The van der Waals surface area contributed by atoms with Crippen LogP contribution in [-0.4, -0.2) is 42.5 Å². The standard InChI is InChI=1S/C30H26N4O5S/c1-4-38-22-13-14-24-25(15-22)33-30(32-24)40-17-26(35)34-29-23(16-31)27(18-5-9-20(36-2)10-6-18)28(39-29)19-7-11-21(37-3)12-8-19/h5-15H,4,17H2,1-3H3,(H,32,33)(H,34,35). The van der Waals surface area contributed by atoms with Crippen molar-refractivity contribution in [1.29, 1.82) is 5.26 Å². The molecule has 2 heterocycles. The molecule has 9 nitrogen and oxygen atoms in total. The molecule has 1 amide bonds. The summed E-state index contributed by atoms with van der Waals surface area (Å²) in [6.45, 7) is 2.49. The highest BCUT2D eigenvalue weighted by atomic mass is 32.2. The van der Waals surface area contributed by atoms with Gasteiger partial charge in [0.1, 0.15) is 34.6 Å². The van der Waals surface area contributed by atoms with E-state index in [1.165, 1.54) is 11.8 Å². The molecule has 0 aliphatic rings. The normalized spacial score (nSPS) is 10.8. The minimum atomic E-state index is -0.340. The van der Waals surface area contributed by atoms with E-state index in [1.54, 1.807) is 38.5 Å². The molecule has 10 heteroatoms. The lowest BCUT2D eigenvalue weighted by molar-refractivity contribution is -0.113. The Labute approximate surface area is 235 Å². The Kier molecular flexibility index (Phi) is 7.94. The Hall–Kier alpha value is -4.88. The van der Waals surface area contributed by atoms with Crippen molar-refractivity contribution in [3.8, 4) is 45.8 Å². The number of furan rings is 1. The van der Waals surface area contributed by atoms with Crippen molar-refractivity contribution >= 4 is 34.6 Å². The van der Waals surface area contributed by atoms with Crippen LogP contribution in [0.5, 0.6) is 17.2 Å². The van der Waals surface area contributed by atoms with Gasteiger partial charge in [-0.05, 0) is 61.0 Å². The molecule has 0 saturated heterocycles. The van der Waals surface area contributed by atoms with Crippen molar-refractivity contribution in [2.24, 2.45) is 0 Å². The number of imidazole rings is 1. The van der Waals surface area contributed by atoms with Gasteiger partial charge in [-0.25, -0.2) is 4.98 Å². The first-order chi connectivity index (χ1) is 19.5. The number of nitrogens with one attached hydrogen (secondary N) is 2. The van der Waals surface area contributed by atoms with Gasteiger partial charge in [0.2, 0.25) is 11.8 Å². The van der Waals surface area contributed by atoms with Crippen molar-refractivity contribution in [2.45, 2.75) is 12.1 Å². The Bertz CT molecular complexity index is 1680. The number of carbonyl (C=O) groups excluding carboxylic acids is 1. The lowest BCUT2D eigenvalue weighted by Gasteiger charge is -2.06. The van der Waals surface area contributed by atoms with Gasteiger partial charge in [-0.3, -0.25) is 10.1 Å². The SMILES string of the molecule is CCOc1ccc2nc(SCC(=O)Nc3oc(-c4ccc(OC)cc4)c(-c4ccc(OC)cc4)c3C#N)[nH]c2c1. The molecule has 202 valence electrons. The average Bonchev–Trinajstić information content (AvgIpc) is 3.56. The number of H-pyrrole nitrogens is 1. The highest BCUT2D eigenvalue weighted by Gasteiger charge is 2.24. The molecule has 0 fully saturated rings. The van der Waals surface area contributed by atoms with Crippen molar-refractivity contribution in [1.82, 2.24) is 9.97 Å². The maximum atomic E-state index is 13.0. The summed E-state index contributed by atoms with van der Waals surface area (Å²) in [5.41, 5.74) is 3.86. The summed E-state index contributed by atoms with van der Waals surface area (Å²) < 4.78 is 22.2. The summed E-state index contributed by atoms with van der Waals surface area (Å²) in [6.07, 6.45) is 0. The van der Waals surface area contributed by atoms with Gasteiger partial charge >= 0.3 is 0 Å². The molecule has 0 unspecified atom stereocenters. The fourth-order valence-electron chi connectivity index (χ4n) is 4.19. The fraction of sp³-hybridized carbons (Fsp3) is 0.167. The largest absolute Gasteiger partial charge is 0.497 e. The number of thioether (sulfide) groups is 1. The summed E-state index contributed by atoms with van der Waals surface area (Å²) in [4.78, 5) is 20.7. The van der Waals surface area contributed by atoms with Crippen LogP contribution in [0.1, 0.15) is 12.5 Å². The smallest absolute Gasteiger partial charge is 0.237 e. The van der Waals surface area contributed by atoms with E-state index in [0.717, 1.165) is 27.9 Å². The minimum absolute atomic E-state index is 0.0550. The molecule has 0 spiro atoms. The van der Waals surface area contributed by atoms with E-state index in [9.17, 15) is 10.1 Å².